The number of anilines is 1. The van der Waals surface area contributed by atoms with Crippen LogP contribution in [0.4, 0.5) is 5.13 Å². The average molecular weight is 361 g/mol. The number of benzene rings is 1. The molecule has 126 valence electrons. The fourth-order valence-corrected chi connectivity index (χ4v) is 3.55. The van der Waals surface area contributed by atoms with E-state index in [0.717, 1.165) is 16.0 Å². The van der Waals surface area contributed by atoms with Crippen LogP contribution in [-0.2, 0) is 12.2 Å². The van der Waals surface area contributed by atoms with Gasteiger partial charge in [0.15, 0.2) is 10.2 Å². The summed E-state index contributed by atoms with van der Waals surface area (Å²) in [6.45, 7) is 5.21. The molecular weight excluding hydrogens is 342 g/mol. The highest BCUT2D eigenvalue weighted by atomic mass is 32.2. The van der Waals surface area contributed by atoms with Crippen molar-refractivity contribution < 1.29 is 4.52 Å². The molecule has 6 nitrogen and oxygen atoms in total. The molecule has 8 heteroatoms. The van der Waals surface area contributed by atoms with E-state index < -0.39 is 0 Å². The first-order chi connectivity index (χ1) is 11.7. The van der Waals surface area contributed by atoms with E-state index in [1.54, 1.807) is 23.1 Å². The van der Waals surface area contributed by atoms with Crippen molar-refractivity contribution in [2.24, 2.45) is 5.92 Å². The number of aromatic nitrogens is 4. The Balaban J connectivity index is 1.50. The fraction of sp³-hybridized carbons (Fsp3) is 0.375. The molecule has 0 fully saturated rings. The number of hydrogen-bond acceptors (Lipinski definition) is 8. The Morgan fingerprint density at radius 1 is 1.21 bits per heavy atom. The van der Waals surface area contributed by atoms with Gasteiger partial charge in [-0.1, -0.05) is 72.4 Å². The number of rotatable bonds is 8. The topological polar surface area (TPSA) is 76.7 Å². The number of thioether (sulfide) groups is 1. The minimum atomic E-state index is 0.575. The van der Waals surface area contributed by atoms with Gasteiger partial charge in [-0.2, -0.15) is 4.98 Å². The first-order valence-electron chi connectivity index (χ1n) is 7.74. The lowest BCUT2D eigenvalue weighted by Crippen LogP contribution is -2.07. The van der Waals surface area contributed by atoms with Gasteiger partial charge < -0.3 is 9.84 Å². The molecule has 3 rings (SSSR count). The molecule has 0 aliphatic carbocycles. The molecule has 0 unspecified atom stereocenters. The summed E-state index contributed by atoms with van der Waals surface area (Å²) in [5.74, 6) is 2.48. The largest absolute Gasteiger partial charge is 0.360 e. The van der Waals surface area contributed by atoms with Crippen LogP contribution in [0.2, 0.25) is 0 Å². The van der Waals surface area contributed by atoms with Crippen LogP contribution in [0.3, 0.4) is 0 Å². The predicted octanol–water partition coefficient (Wildman–Crippen LogP) is 3.87. The molecule has 0 spiro atoms. The van der Waals surface area contributed by atoms with Gasteiger partial charge >= 0.3 is 0 Å². The number of nitrogens with one attached hydrogen (secondary N) is 1. The molecule has 1 aromatic carbocycles. The lowest BCUT2D eigenvalue weighted by Gasteiger charge is -2.03. The Bertz CT molecular complexity index is 757. The SMILES string of the molecule is CC(C)CNc1nnc(SCc2nc(Cc3ccccc3)no2)s1. The smallest absolute Gasteiger partial charge is 0.237 e. The summed E-state index contributed by atoms with van der Waals surface area (Å²) in [6.07, 6.45) is 0.678. The first-order valence-corrected chi connectivity index (χ1v) is 9.55. The Hall–Kier alpha value is -1.93. The third-order valence-corrected chi connectivity index (χ3v) is 5.10. The van der Waals surface area contributed by atoms with Crippen molar-refractivity contribution in [3.63, 3.8) is 0 Å². The average Bonchev–Trinajstić information content (AvgIpc) is 3.21. The minimum absolute atomic E-state index is 0.575. The summed E-state index contributed by atoms with van der Waals surface area (Å²) in [4.78, 5) is 4.43. The molecule has 2 heterocycles. The van der Waals surface area contributed by atoms with Crippen LogP contribution in [0, 0.1) is 5.92 Å². The monoisotopic (exact) mass is 361 g/mol. The zero-order valence-electron chi connectivity index (χ0n) is 13.6. The van der Waals surface area contributed by atoms with Crippen molar-refractivity contribution in [2.75, 3.05) is 11.9 Å². The van der Waals surface area contributed by atoms with Gasteiger partial charge in [-0.15, -0.1) is 10.2 Å². The molecule has 0 atom stereocenters. The van der Waals surface area contributed by atoms with E-state index in [-0.39, 0.29) is 0 Å². The highest BCUT2D eigenvalue weighted by molar-refractivity contribution is 8.00. The third-order valence-electron chi connectivity index (χ3n) is 3.10. The van der Waals surface area contributed by atoms with Crippen molar-refractivity contribution in [1.82, 2.24) is 20.3 Å². The molecule has 0 saturated heterocycles. The Morgan fingerprint density at radius 3 is 2.83 bits per heavy atom. The highest BCUT2D eigenvalue weighted by Gasteiger charge is 2.10. The Labute approximate surface area is 149 Å². The molecule has 0 bridgehead atoms. The van der Waals surface area contributed by atoms with Crippen LogP contribution in [0.5, 0.6) is 0 Å². The van der Waals surface area contributed by atoms with Gasteiger partial charge in [0, 0.05) is 13.0 Å². The van der Waals surface area contributed by atoms with Crippen LogP contribution < -0.4 is 5.32 Å². The molecule has 3 aromatic rings. The number of nitrogens with zero attached hydrogens (tertiary/aromatic N) is 4. The second-order valence-electron chi connectivity index (χ2n) is 5.70. The first kappa shape index (κ1) is 16.9. The minimum Gasteiger partial charge on any atom is -0.360 e. The highest BCUT2D eigenvalue weighted by Crippen LogP contribution is 2.28. The van der Waals surface area contributed by atoms with E-state index in [2.05, 4.69) is 51.6 Å². The molecule has 24 heavy (non-hydrogen) atoms. The lowest BCUT2D eigenvalue weighted by atomic mass is 10.1. The van der Waals surface area contributed by atoms with Crippen LogP contribution in [0.1, 0.15) is 31.1 Å². The third kappa shape index (κ3) is 5.04. The summed E-state index contributed by atoms with van der Waals surface area (Å²) < 4.78 is 6.20. The normalized spacial score (nSPS) is 11.1. The van der Waals surface area contributed by atoms with Crippen molar-refractivity contribution in [2.45, 2.75) is 30.4 Å². The molecule has 2 aromatic heterocycles. The molecule has 1 N–H and O–H groups in total. The van der Waals surface area contributed by atoms with E-state index in [9.17, 15) is 0 Å². The maximum atomic E-state index is 5.30. The summed E-state index contributed by atoms with van der Waals surface area (Å²) in [5, 5.41) is 16.5. The maximum absolute atomic E-state index is 5.30. The van der Waals surface area contributed by atoms with Gasteiger partial charge in [0.25, 0.3) is 0 Å². The van der Waals surface area contributed by atoms with Gasteiger partial charge in [0.05, 0.1) is 5.75 Å². The Kier molecular flexibility index (Phi) is 5.81. The summed E-state index contributed by atoms with van der Waals surface area (Å²) >= 11 is 3.10. The predicted molar refractivity (Wildman–Crippen MR) is 96.3 cm³/mol. The fourth-order valence-electron chi connectivity index (χ4n) is 1.95. The second kappa shape index (κ2) is 8.25. The second-order valence-corrected chi connectivity index (χ2v) is 7.90. The van der Waals surface area contributed by atoms with E-state index in [4.69, 9.17) is 4.52 Å². The Morgan fingerprint density at radius 2 is 2.04 bits per heavy atom. The van der Waals surface area contributed by atoms with Crippen molar-refractivity contribution in [3.05, 3.63) is 47.6 Å². The summed E-state index contributed by atoms with van der Waals surface area (Å²) in [6, 6.07) is 10.1. The van der Waals surface area contributed by atoms with Gasteiger partial charge in [0.2, 0.25) is 11.0 Å². The van der Waals surface area contributed by atoms with Gasteiger partial charge in [-0.25, -0.2) is 0 Å². The van der Waals surface area contributed by atoms with Crippen LogP contribution >= 0.6 is 23.1 Å². The molecule has 0 amide bonds. The van der Waals surface area contributed by atoms with E-state index in [1.807, 2.05) is 18.2 Å². The standard InChI is InChI=1S/C16H19N5OS2/c1-11(2)9-17-15-19-20-16(24-15)23-10-14-18-13(21-22-14)8-12-6-4-3-5-7-12/h3-7,11H,8-10H2,1-2H3,(H,17,19). The van der Waals surface area contributed by atoms with Crippen LogP contribution in [-0.4, -0.2) is 26.9 Å². The van der Waals surface area contributed by atoms with Gasteiger partial charge in [-0.05, 0) is 11.5 Å². The van der Waals surface area contributed by atoms with E-state index in [0.29, 0.717) is 29.8 Å². The molecule has 0 radical (unpaired) electrons. The maximum Gasteiger partial charge on any atom is 0.237 e. The molecule has 0 aliphatic heterocycles. The quantitative estimate of drug-likeness (QED) is 0.610. The molecular formula is C16H19N5OS2. The van der Waals surface area contributed by atoms with E-state index in [1.165, 1.54) is 5.56 Å². The van der Waals surface area contributed by atoms with Gasteiger partial charge in [-0.3, -0.25) is 0 Å². The lowest BCUT2D eigenvalue weighted by molar-refractivity contribution is 0.386. The van der Waals surface area contributed by atoms with Gasteiger partial charge in [0.1, 0.15) is 0 Å². The molecule has 0 aliphatic rings. The van der Waals surface area contributed by atoms with Crippen molar-refractivity contribution >= 4 is 28.2 Å². The number of hydrogen-bond donors (Lipinski definition) is 1. The van der Waals surface area contributed by atoms with Crippen LogP contribution in [0.15, 0.2) is 39.2 Å². The summed E-state index contributed by atoms with van der Waals surface area (Å²) in [5.41, 5.74) is 1.17. The van der Waals surface area contributed by atoms with Crippen molar-refractivity contribution in [3.8, 4) is 0 Å². The zero-order chi connectivity index (χ0) is 16.8. The van der Waals surface area contributed by atoms with Crippen molar-refractivity contribution in [1.29, 1.82) is 0 Å². The summed E-state index contributed by atoms with van der Waals surface area (Å²) in [7, 11) is 0. The molecule has 0 saturated carbocycles. The van der Waals surface area contributed by atoms with E-state index >= 15 is 0 Å². The zero-order valence-corrected chi connectivity index (χ0v) is 15.2. The van der Waals surface area contributed by atoms with Crippen LogP contribution in [0.25, 0.3) is 0 Å².